The van der Waals surface area contributed by atoms with Crippen molar-refractivity contribution >= 4 is 52.1 Å². The topological polar surface area (TPSA) is 64.3 Å². The van der Waals surface area contributed by atoms with Crippen molar-refractivity contribution in [3.05, 3.63) is 51.0 Å². The molecule has 0 aliphatic carbocycles. The highest BCUT2D eigenvalue weighted by atomic mass is 35.5. The number of carbonyl (C=O) groups is 1. The summed E-state index contributed by atoms with van der Waals surface area (Å²) in [6.07, 6.45) is -0.776. The van der Waals surface area contributed by atoms with Crippen LogP contribution >= 0.6 is 34.8 Å². The molecule has 0 saturated heterocycles. The molecule has 0 heterocycles. The van der Waals surface area contributed by atoms with Crippen molar-refractivity contribution < 1.29 is 9.53 Å². The highest BCUT2D eigenvalue weighted by molar-refractivity contribution is 6.35. The number of rotatable bonds is 4. The van der Waals surface area contributed by atoms with Crippen molar-refractivity contribution in [1.82, 2.24) is 0 Å². The predicted molar refractivity (Wildman–Crippen MR) is 95.8 cm³/mol. The summed E-state index contributed by atoms with van der Waals surface area (Å²) in [6.45, 7) is 3.42. The van der Waals surface area contributed by atoms with Gasteiger partial charge in [0, 0.05) is 10.7 Å². The molecule has 7 heteroatoms. The van der Waals surface area contributed by atoms with E-state index < -0.39 is 6.10 Å². The van der Waals surface area contributed by atoms with Crippen LogP contribution in [0.3, 0.4) is 0 Å². The third kappa shape index (κ3) is 4.44. The number of hydrogen-bond acceptors (Lipinski definition) is 3. The lowest BCUT2D eigenvalue weighted by molar-refractivity contribution is -0.122. The Balaban J connectivity index is 2.11. The van der Waals surface area contributed by atoms with Crippen LogP contribution in [0.4, 0.5) is 11.4 Å². The predicted octanol–water partition coefficient (Wildman–Crippen LogP) is 4.94. The van der Waals surface area contributed by atoms with Crippen molar-refractivity contribution in [2.45, 2.75) is 20.0 Å². The van der Waals surface area contributed by atoms with Crippen LogP contribution in [0.2, 0.25) is 15.1 Å². The van der Waals surface area contributed by atoms with Crippen molar-refractivity contribution in [2.24, 2.45) is 0 Å². The van der Waals surface area contributed by atoms with E-state index in [9.17, 15) is 4.79 Å². The summed E-state index contributed by atoms with van der Waals surface area (Å²) in [4.78, 5) is 12.3. The maximum atomic E-state index is 12.3. The Labute approximate surface area is 149 Å². The van der Waals surface area contributed by atoms with E-state index in [0.29, 0.717) is 32.2 Å². The summed E-state index contributed by atoms with van der Waals surface area (Å²) in [6, 6.07) is 8.09. The molecule has 0 aliphatic heterocycles. The number of carbonyl (C=O) groups excluding carboxylic acids is 1. The molecule has 0 aromatic heterocycles. The Kier molecular flexibility index (Phi) is 5.63. The normalized spacial score (nSPS) is 11.9. The minimum Gasteiger partial charge on any atom is -0.479 e. The molecule has 2 aromatic rings. The van der Waals surface area contributed by atoms with Crippen LogP contribution in [0.1, 0.15) is 12.5 Å². The minimum absolute atomic E-state index is 0.332. The summed E-state index contributed by atoms with van der Waals surface area (Å²) in [5.74, 6) is 0.0182. The zero-order valence-electron chi connectivity index (χ0n) is 12.5. The fraction of sp³-hybridized carbons (Fsp3) is 0.188. The van der Waals surface area contributed by atoms with E-state index in [4.69, 9.17) is 45.3 Å². The number of anilines is 2. The van der Waals surface area contributed by atoms with Crippen molar-refractivity contribution in [2.75, 3.05) is 11.1 Å². The van der Waals surface area contributed by atoms with Gasteiger partial charge in [0.15, 0.2) is 6.10 Å². The first-order valence-electron chi connectivity index (χ1n) is 6.76. The second-order valence-corrected chi connectivity index (χ2v) is 6.27. The monoisotopic (exact) mass is 372 g/mol. The van der Waals surface area contributed by atoms with Gasteiger partial charge in [0.2, 0.25) is 0 Å². The smallest absolute Gasteiger partial charge is 0.265 e. The van der Waals surface area contributed by atoms with Gasteiger partial charge in [-0.2, -0.15) is 0 Å². The van der Waals surface area contributed by atoms with Crippen LogP contribution < -0.4 is 15.8 Å². The minimum atomic E-state index is -0.776. The summed E-state index contributed by atoms with van der Waals surface area (Å²) in [5, 5.41) is 3.93. The molecule has 0 radical (unpaired) electrons. The average molecular weight is 374 g/mol. The van der Waals surface area contributed by atoms with Gasteiger partial charge in [-0.3, -0.25) is 4.79 Å². The highest BCUT2D eigenvalue weighted by Gasteiger charge is 2.18. The first kappa shape index (κ1) is 17.7. The molecule has 1 unspecified atom stereocenters. The Morgan fingerprint density at radius 1 is 1.17 bits per heavy atom. The molecule has 0 aliphatic rings. The molecule has 122 valence electrons. The second-order valence-electron chi connectivity index (χ2n) is 5.02. The Hall–Kier alpha value is -1.62. The van der Waals surface area contributed by atoms with Gasteiger partial charge in [-0.15, -0.1) is 0 Å². The number of aryl methyl sites for hydroxylation is 1. The fourth-order valence-corrected chi connectivity index (χ4v) is 2.74. The van der Waals surface area contributed by atoms with Gasteiger partial charge in [0.25, 0.3) is 5.91 Å². The Bertz CT molecular complexity index is 727. The van der Waals surface area contributed by atoms with Gasteiger partial charge in [-0.05, 0) is 49.7 Å². The first-order chi connectivity index (χ1) is 10.8. The Morgan fingerprint density at radius 2 is 1.87 bits per heavy atom. The number of hydrogen-bond donors (Lipinski definition) is 2. The van der Waals surface area contributed by atoms with Crippen LogP contribution in [0, 0.1) is 6.92 Å². The van der Waals surface area contributed by atoms with Gasteiger partial charge < -0.3 is 15.8 Å². The molecule has 0 spiro atoms. The van der Waals surface area contributed by atoms with Crippen LogP contribution in [0.25, 0.3) is 0 Å². The number of amides is 1. The molecule has 2 aromatic carbocycles. The van der Waals surface area contributed by atoms with Crippen molar-refractivity contribution in [1.29, 1.82) is 0 Å². The zero-order valence-corrected chi connectivity index (χ0v) is 14.8. The van der Waals surface area contributed by atoms with E-state index in [2.05, 4.69) is 5.32 Å². The van der Waals surface area contributed by atoms with Gasteiger partial charge in [0.05, 0.1) is 15.7 Å². The summed E-state index contributed by atoms with van der Waals surface area (Å²) >= 11 is 18.0. The number of nitrogen functional groups attached to an aromatic ring is 1. The number of nitrogens with two attached hydrogens (primary N) is 1. The maximum absolute atomic E-state index is 12.3. The van der Waals surface area contributed by atoms with E-state index in [-0.39, 0.29) is 5.91 Å². The van der Waals surface area contributed by atoms with Crippen LogP contribution in [0.15, 0.2) is 30.3 Å². The van der Waals surface area contributed by atoms with Crippen molar-refractivity contribution in [3.63, 3.8) is 0 Å². The molecule has 0 fully saturated rings. The third-order valence-electron chi connectivity index (χ3n) is 3.12. The van der Waals surface area contributed by atoms with Gasteiger partial charge in [-0.25, -0.2) is 0 Å². The lowest BCUT2D eigenvalue weighted by Crippen LogP contribution is -2.30. The van der Waals surface area contributed by atoms with Crippen LogP contribution in [-0.2, 0) is 4.79 Å². The number of nitrogens with one attached hydrogen (secondary N) is 1. The van der Waals surface area contributed by atoms with E-state index in [1.165, 1.54) is 0 Å². The molecule has 0 saturated carbocycles. The van der Waals surface area contributed by atoms with Gasteiger partial charge in [0.1, 0.15) is 5.75 Å². The van der Waals surface area contributed by atoms with Gasteiger partial charge >= 0.3 is 0 Å². The molecule has 1 amide bonds. The molecule has 3 N–H and O–H groups in total. The number of halogens is 3. The molecule has 1 atom stereocenters. The summed E-state index contributed by atoms with van der Waals surface area (Å²) in [5.41, 5.74) is 7.50. The standard InChI is InChI=1S/C16H15Cl3N2O2/c1-8-5-11(20)7-13(19)15(8)21-16(22)9(2)23-14-4-3-10(17)6-12(14)18/h3-7,9H,20H2,1-2H3,(H,21,22). The Morgan fingerprint density at radius 3 is 2.48 bits per heavy atom. The van der Waals surface area contributed by atoms with E-state index in [0.717, 1.165) is 5.56 Å². The SMILES string of the molecule is Cc1cc(N)cc(Cl)c1NC(=O)C(C)Oc1ccc(Cl)cc1Cl. The summed E-state index contributed by atoms with van der Waals surface area (Å²) < 4.78 is 5.57. The van der Waals surface area contributed by atoms with E-state index in [1.54, 1.807) is 44.2 Å². The average Bonchev–Trinajstić information content (AvgIpc) is 2.45. The van der Waals surface area contributed by atoms with Crippen LogP contribution in [0.5, 0.6) is 5.75 Å². The maximum Gasteiger partial charge on any atom is 0.265 e. The first-order valence-corrected chi connectivity index (χ1v) is 7.89. The van der Waals surface area contributed by atoms with Gasteiger partial charge in [-0.1, -0.05) is 34.8 Å². The molecular formula is C16H15Cl3N2O2. The van der Waals surface area contributed by atoms with Crippen molar-refractivity contribution in [3.8, 4) is 5.75 Å². The second kappa shape index (κ2) is 7.30. The third-order valence-corrected chi connectivity index (χ3v) is 3.95. The lowest BCUT2D eigenvalue weighted by Gasteiger charge is -2.17. The fourth-order valence-electron chi connectivity index (χ4n) is 1.97. The molecule has 0 bridgehead atoms. The molecule has 23 heavy (non-hydrogen) atoms. The lowest BCUT2D eigenvalue weighted by atomic mass is 10.1. The molecule has 2 rings (SSSR count). The molecular weight excluding hydrogens is 359 g/mol. The number of benzene rings is 2. The largest absolute Gasteiger partial charge is 0.479 e. The summed E-state index contributed by atoms with van der Waals surface area (Å²) in [7, 11) is 0. The molecule has 4 nitrogen and oxygen atoms in total. The zero-order chi connectivity index (χ0) is 17.1. The number of ether oxygens (including phenoxy) is 1. The highest BCUT2D eigenvalue weighted by Crippen LogP contribution is 2.30. The van der Waals surface area contributed by atoms with E-state index in [1.807, 2.05) is 0 Å². The van der Waals surface area contributed by atoms with E-state index >= 15 is 0 Å². The quantitative estimate of drug-likeness (QED) is 0.746. The van der Waals surface area contributed by atoms with Crippen LogP contribution in [-0.4, -0.2) is 12.0 Å².